The molecule has 18 heavy (non-hydrogen) atoms. The van der Waals surface area contributed by atoms with Gasteiger partial charge >= 0.3 is 0 Å². The van der Waals surface area contributed by atoms with E-state index in [1.165, 1.54) is 12.1 Å². The molecule has 1 unspecified atom stereocenters. The molecule has 1 aromatic heterocycles. The molecule has 0 bridgehead atoms. The van der Waals surface area contributed by atoms with Gasteiger partial charge in [-0.2, -0.15) is 4.98 Å². The third kappa shape index (κ3) is 2.78. The average molecular weight is 249 g/mol. The lowest BCUT2D eigenvalue weighted by Crippen LogP contribution is -2.18. The Morgan fingerprint density at radius 1 is 1.39 bits per heavy atom. The molecular weight excluding hydrogens is 234 g/mol. The largest absolute Gasteiger partial charge is 0.508 e. The number of nitrogens with zero attached hydrogens (tertiary/aromatic N) is 2. The second-order valence-electron chi connectivity index (χ2n) is 4.08. The summed E-state index contributed by atoms with van der Waals surface area (Å²) >= 11 is 0. The summed E-state index contributed by atoms with van der Waals surface area (Å²) in [5.41, 5.74) is 0.702. The van der Waals surface area contributed by atoms with Crippen molar-refractivity contribution in [3.05, 3.63) is 35.5 Å². The van der Waals surface area contributed by atoms with E-state index in [9.17, 15) is 10.2 Å². The highest BCUT2D eigenvalue weighted by molar-refractivity contribution is 5.40. The third-order valence-electron chi connectivity index (χ3n) is 2.62. The number of aryl methyl sites for hydroxylation is 1. The molecule has 1 heterocycles. The maximum atomic E-state index is 9.71. The van der Waals surface area contributed by atoms with Crippen molar-refractivity contribution in [2.24, 2.45) is 0 Å². The molecule has 0 aliphatic rings. The molecule has 6 heteroatoms. The second kappa shape index (κ2) is 5.05. The zero-order chi connectivity index (χ0) is 13.1. The lowest BCUT2D eigenvalue weighted by atomic mass is 10.1. The van der Waals surface area contributed by atoms with Crippen LogP contribution in [-0.2, 0) is 6.54 Å². The molecule has 0 aliphatic heterocycles. The van der Waals surface area contributed by atoms with Gasteiger partial charge in [0.25, 0.3) is 0 Å². The molecule has 2 rings (SSSR count). The number of hydrogen-bond acceptors (Lipinski definition) is 6. The van der Waals surface area contributed by atoms with Gasteiger partial charge in [0, 0.05) is 24.6 Å². The number of aromatic nitrogens is 2. The number of rotatable bonds is 4. The van der Waals surface area contributed by atoms with Crippen LogP contribution in [0.5, 0.6) is 11.5 Å². The van der Waals surface area contributed by atoms with Crippen molar-refractivity contribution in [3.8, 4) is 11.5 Å². The fraction of sp³-hybridized carbons (Fsp3) is 0.333. The molecule has 2 aromatic rings. The van der Waals surface area contributed by atoms with Gasteiger partial charge in [0.05, 0.1) is 6.54 Å². The SMILES string of the molecule is Cc1nc(CNC(C)c2ccc(O)cc2O)no1. The first-order chi connectivity index (χ1) is 8.56. The molecular formula is C12H15N3O3. The summed E-state index contributed by atoms with van der Waals surface area (Å²) in [4.78, 5) is 4.07. The molecule has 1 atom stereocenters. The first-order valence-corrected chi connectivity index (χ1v) is 5.60. The molecule has 0 saturated heterocycles. The summed E-state index contributed by atoms with van der Waals surface area (Å²) in [6, 6.07) is 4.42. The Labute approximate surface area is 104 Å². The van der Waals surface area contributed by atoms with Crippen LogP contribution >= 0.6 is 0 Å². The van der Waals surface area contributed by atoms with Crippen molar-refractivity contribution in [2.45, 2.75) is 26.4 Å². The molecule has 6 nitrogen and oxygen atoms in total. The maximum absolute atomic E-state index is 9.71. The number of phenolic OH excluding ortho intramolecular Hbond substituents is 2. The van der Waals surface area contributed by atoms with Crippen LogP contribution in [0.25, 0.3) is 0 Å². The molecule has 1 aromatic carbocycles. The topological polar surface area (TPSA) is 91.4 Å². The predicted molar refractivity (Wildman–Crippen MR) is 64.1 cm³/mol. The third-order valence-corrected chi connectivity index (χ3v) is 2.62. The van der Waals surface area contributed by atoms with Gasteiger partial charge in [0.15, 0.2) is 5.82 Å². The molecule has 0 saturated carbocycles. The van der Waals surface area contributed by atoms with Crippen molar-refractivity contribution in [3.63, 3.8) is 0 Å². The Balaban J connectivity index is 2.01. The van der Waals surface area contributed by atoms with Crippen LogP contribution < -0.4 is 5.32 Å². The molecule has 3 N–H and O–H groups in total. The molecule has 0 spiro atoms. The van der Waals surface area contributed by atoms with Crippen LogP contribution in [-0.4, -0.2) is 20.4 Å². The van der Waals surface area contributed by atoms with Gasteiger partial charge in [-0.1, -0.05) is 11.2 Å². The van der Waals surface area contributed by atoms with E-state index < -0.39 is 0 Å². The van der Waals surface area contributed by atoms with E-state index in [1.54, 1.807) is 13.0 Å². The standard InChI is InChI=1S/C12H15N3O3/c1-7(10-4-3-9(16)5-11(10)17)13-6-12-14-8(2)18-15-12/h3-5,7,13,16-17H,6H2,1-2H3. The monoisotopic (exact) mass is 249 g/mol. The van der Waals surface area contributed by atoms with E-state index in [0.717, 1.165) is 0 Å². The minimum Gasteiger partial charge on any atom is -0.508 e. The van der Waals surface area contributed by atoms with Crippen LogP contribution in [0.4, 0.5) is 0 Å². The van der Waals surface area contributed by atoms with E-state index in [4.69, 9.17) is 4.52 Å². The smallest absolute Gasteiger partial charge is 0.223 e. The van der Waals surface area contributed by atoms with Gasteiger partial charge in [-0.25, -0.2) is 0 Å². The molecule has 0 aliphatic carbocycles. The minimum atomic E-state index is -0.0931. The van der Waals surface area contributed by atoms with E-state index in [-0.39, 0.29) is 17.5 Å². The first kappa shape index (κ1) is 12.4. The maximum Gasteiger partial charge on any atom is 0.223 e. The summed E-state index contributed by atoms with van der Waals surface area (Å²) in [5, 5.41) is 25.9. The van der Waals surface area contributed by atoms with E-state index in [1.807, 2.05) is 6.92 Å². The van der Waals surface area contributed by atoms with Crippen molar-refractivity contribution < 1.29 is 14.7 Å². The second-order valence-corrected chi connectivity index (χ2v) is 4.08. The summed E-state index contributed by atoms with van der Waals surface area (Å²) in [7, 11) is 0. The summed E-state index contributed by atoms with van der Waals surface area (Å²) in [6.45, 7) is 4.07. The summed E-state index contributed by atoms with van der Waals surface area (Å²) in [6.07, 6.45) is 0. The van der Waals surface area contributed by atoms with Crippen LogP contribution in [0.2, 0.25) is 0 Å². The zero-order valence-electron chi connectivity index (χ0n) is 10.2. The van der Waals surface area contributed by atoms with E-state index in [2.05, 4.69) is 15.5 Å². The lowest BCUT2D eigenvalue weighted by molar-refractivity contribution is 0.383. The Bertz CT molecular complexity index is 539. The number of nitrogens with one attached hydrogen (secondary N) is 1. The van der Waals surface area contributed by atoms with Crippen molar-refractivity contribution >= 4 is 0 Å². The predicted octanol–water partition coefficient (Wildman–Crippen LogP) is 1.64. The molecule has 0 fully saturated rings. The normalized spacial score (nSPS) is 12.6. The first-order valence-electron chi connectivity index (χ1n) is 5.60. The van der Waals surface area contributed by atoms with Gasteiger partial charge in [-0.3, -0.25) is 0 Å². The van der Waals surface area contributed by atoms with Crippen LogP contribution in [0.3, 0.4) is 0 Å². The van der Waals surface area contributed by atoms with Gasteiger partial charge in [0.1, 0.15) is 11.5 Å². The van der Waals surface area contributed by atoms with Crippen molar-refractivity contribution in [1.29, 1.82) is 0 Å². The highest BCUT2D eigenvalue weighted by Gasteiger charge is 2.11. The van der Waals surface area contributed by atoms with Crippen LogP contribution in [0.15, 0.2) is 22.7 Å². The Kier molecular flexibility index (Phi) is 3.47. The fourth-order valence-corrected chi connectivity index (χ4v) is 1.67. The van der Waals surface area contributed by atoms with Gasteiger partial charge < -0.3 is 20.1 Å². The Morgan fingerprint density at radius 2 is 2.17 bits per heavy atom. The minimum absolute atomic E-state index is 0.0391. The van der Waals surface area contributed by atoms with Gasteiger partial charge in [-0.05, 0) is 13.0 Å². The van der Waals surface area contributed by atoms with Crippen molar-refractivity contribution in [1.82, 2.24) is 15.5 Å². The van der Waals surface area contributed by atoms with E-state index in [0.29, 0.717) is 23.8 Å². The van der Waals surface area contributed by atoms with Gasteiger partial charge in [-0.15, -0.1) is 0 Å². The summed E-state index contributed by atoms with van der Waals surface area (Å²) in [5.74, 6) is 1.18. The number of phenols is 2. The number of benzene rings is 1. The van der Waals surface area contributed by atoms with Crippen LogP contribution in [0.1, 0.15) is 30.2 Å². The molecule has 0 radical (unpaired) electrons. The van der Waals surface area contributed by atoms with Gasteiger partial charge in [0.2, 0.25) is 5.89 Å². The zero-order valence-corrected chi connectivity index (χ0v) is 10.2. The highest BCUT2D eigenvalue weighted by atomic mass is 16.5. The highest BCUT2D eigenvalue weighted by Crippen LogP contribution is 2.27. The summed E-state index contributed by atoms with van der Waals surface area (Å²) < 4.78 is 4.86. The quantitative estimate of drug-likeness (QED) is 0.763. The van der Waals surface area contributed by atoms with Crippen LogP contribution in [0, 0.1) is 6.92 Å². The Morgan fingerprint density at radius 3 is 2.78 bits per heavy atom. The number of hydrogen-bond donors (Lipinski definition) is 3. The average Bonchev–Trinajstić information content (AvgIpc) is 2.72. The molecule has 0 amide bonds. The fourth-order valence-electron chi connectivity index (χ4n) is 1.67. The molecule has 96 valence electrons. The lowest BCUT2D eigenvalue weighted by Gasteiger charge is -2.14. The number of aromatic hydroxyl groups is 2. The van der Waals surface area contributed by atoms with E-state index >= 15 is 0 Å². The Hall–Kier alpha value is -2.08. The van der Waals surface area contributed by atoms with Crippen molar-refractivity contribution in [2.75, 3.05) is 0 Å².